The number of hydrogen-bond donors (Lipinski definition) is 0. The summed E-state index contributed by atoms with van der Waals surface area (Å²) in [5, 5.41) is 0. The first-order valence-corrected chi connectivity index (χ1v) is 5.58. The van der Waals surface area contributed by atoms with Gasteiger partial charge in [0.1, 0.15) is 4.60 Å². The third-order valence-corrected chi connectivity index (χ3v) is 2.97. The second-order valence-electron chi connectivity index (χ2n) is 3.34. The smallest absolute Gasteiger partial charge is 0.410 e. The van der Waals surface area contributed by atoms with Crippen molar-refractivity contribution in [3.8, 4) is 0 Å². The van der Waals surface area contributed by atoms with Gasteiger partial charge in [0.15, 0.2) is 0 Å². The number of carbonyl (C=O) groups is 1. The third kappa shape index (κ3) is 2.47. The van der Waals surface area contributed by atoms with Crippen LogP contribution in [0, 0.1) is 0 Å². The Kier molecular flexibility index (Phi) is 3.20. The number of cyclic esters (lactones) is 1. The SMILES string of the molecule is O=C1OCCCN1Cc1cccnc1Br. The van der Waals surface area contributed by atoms with Gasteiger partial charge in [0, 0.05) is 18.3 Å². The zero-order valence-electron chi connectivity index (χ0n) is 8.15. The molecule has 80 valence electrons. The van der Waals surface area contributed by atoms with Gasteiger partial charge in [-0.2, -0.15) is 0 Å². The highest BCUT2D eigenvalue weighted by Crippen LogP contribution is 2.17. The van der Waals surface area contributed by atoms with Crippen molar-refractivity contribution in [3.63, 3.8) is 0 Å². The molecule has 1 fully saturated rings. The lowest BCUT2D eigenvalue weighted by Crippen LogP contribution is -2.37. The van der Waals surface area contributed by atoms with Crippen LogP contribution in [-0.2, 0) is 11.3 Å². The molecule has 1 amide bonds. The van der Waals surface area contributed by atoms with E-state index in [9.17, 15) is 4.79 Å². The molecular weight excluding hydrogens is 260 g/mol. The van der Waals surface area contributed by atoms with Crippen molar-refractivity contribution < 1.29 is 9.53 Å². The molecule has 0 saturated carbocycles. The molecule has 0 unspecified atom stereocenters. The van der Waals surface area contributed by atoms with Crippen LogP contribution in [0.2, 0.25) is 0 Å². The molecule has 0 spiro atoms. The van der Waals surface area contributed by atoms with Crippen molar-refractivity contribution in [2.24, 2.45) is 0 Å². The summed E-state index contributed by atoms with van der Waals surface area (Å²) in [6, 6.07) is 3.80. The Labute approximate surface area is 96.4 Å². The fraction of sp³-hybridized carbons (Fsp3) is 0.400. The predicted octanol–water partition coefficient (Wildman–Crippen LogP) is 2.19. The Balaban J connectivity index is 2.08. The molecule has 0 N–H and O–H groups in total. The Morgan fingerprint density at radius 1 is 1.60 bits per heavy atom. The maximum atomic E-state index is 11.4. The van der Waals surface area contributed by atoms with Crippen LogP contribution in [0.3, 0.4) is 0 Å². The molecule has 1 saturated heterocycles. The molecule has 0 bridgehead atoms. The molecule has 1 aliphatic rings. The van der Waals surface area contributed by atoms with Gasteiger partial charge in [0.05, 0.1) is 13.2 Å². The molecule has 0 aliphatic carbocycles. The van der Waals surface area contributed by atoms with Crippen LogP contribution in [0.15, 0.2) is 22.9 Å². The van der Waals surface area contributed by atoms with E-state index < -0.39 is 0 Å². The molecule has 4 nitrogen and oxygen atoms in total. The molecule has 1 aromatic rings. The van der Waals surface area contributed by atoms with Crippen LogP contribution < -0.4 is 0 Å². The van der Waals surface area contributed by atoms with E-state index in [1.54, 1.807) is 11.1 Å². The van der Waals surface area contributed by atoms with Crippen LogP contribution in [-0.4, -0.2) is 29.1 Å². The van der Waals surface area contributed by atoms with Crippen molar-refractivity contribution in [1.29, 1.82) is 0 Å². The lowest BCUT2D eigenvalue weighted by molar-refractivity contribution is 0.0699. The number of ether oxygens (including phenoxy) is 1. The number of pyridine rings is 1. The zero-order valence-corrected chi connectivity index (χ0v) is 9.74. The van der Waals surface area contributed by atoms with E-state index in [1.807, 2.05) is 12.1 Å². The largest absolute Gasteiger partial charge is 0.449 e. The van der Waals surface area contributed by atoms with E-state index in [0.717, 1.165) is 23.1 Å². The van der Waals surface area contributed by atoms with Gasteiger partial charge in [0.25, 0.3) is 0 Å². The Morgan fingerprint density at radius 2 is 2.47 bits per heavy atom. The van der Waals surface area contributed by atoms with Crippen LogP contribution in [0.25, 0.3) is 0 Å². The molecule has 0 atom stereocenters. The minimum Gasteiger partial charge on any atom is -0.449 e. The average molecular weight is 271 g/mol. The fourth-order valence-corrected chi connectivity index (χ4v) is 1.86. The van der Waals surface area contributed by atoms with E-state index in [0.29, 0.717) is 13.2 Å². The standard InChI is InChI=1S/C10H11BrN2O2/c11-9-8(3-1-4-12-9)7-13-5-2-6-15-10(13)14/h1,3-4H,2,5-7H2. The summed E-state index contributed by atoms with van der Waals surface area (Å²) in [5.41, 5.74) is 0.997. The van der Waals surface area contributed by atoms with E-state index in [2.05, 4.69) is 20.9 Å². The second kappa shape index (κ2) is 4.61. The van der Waals surface area contributed by atoms with Crippen molar-refractivity contribution in [3.05, 3.63) is 28.5 Å². The number of nitrogens with zero attached hydrogens (tertiary/aromatic N) is 2. The van der Waals surface area contributed by atoms with E-state index in [-0.39, 0.29) is 6.09 Å². The van der Waals surface area contributed by atoms with E-state index in [4.69, 9.17) is 4.74 Å². The van der Waals surface area contributed by atoms with Crippen LogP contribution in [0.4, 0.5) is 4.79 Å². The maximum Gasteiger partial charge on any atom is 0.410 e. The quantitative estimate of drug-likeness (QED) is 0.774. The van der Waals surface area contributed by atoms with Gasteiger partial charge in [-0.3, -0.25) is 0 Å². The van der Waals surface area contributed by atoms with Crippen molar-refractivity contribution in [2.45, 2.75) is 13.0 Å². The normalized spacial score (nSPS) is 16.3. The van der Waals surface area contributed by atoms with E-state index >= 15 is 0 Å². The average Bonchev–Trinajstić information content (AvgIpc) is 2.24. The summed E-state index contributed by atoms with van der Waals surface area (Å²) in [7, 11) is 0. The fourth-order valence-electron chi connectivity index (χ4n) is 1.48. The van der Waals surface area contributed by atoms with Gasteiger partial charge >= 0.3 is 6.09 Å². The summed E-state index contributed by atoms with van der Waals surface area (Å²) in [5.74, 6) is 0. The summed E-state index contributed by atoms with van der Waals surface area (Å²) < 4.78 is 5.73. The molecular formula is C10H11BrN2O2. The first-order valence-electron chi connectivity index (χ1n) is 4.78. The molecule has 15 heavy (non-hydrogen) atoms. The zero-order chi connectivity index (χ0) is 10.7. The topological polar surface area (TPSA) is 42.4 Å². The van der Waals surface area contributed by atoms with Crippen molar-refractivity contribution in [2.75, 3.05) is 13.2 Å². The third-order valence-electron chi connectivity index (χ3n) is 2.25. The number of rotatable bonds is 2. The Hall–Kier alpha value is -1.10. The van der Waals surface area contributed by atoms with Gasteiger partial charge in [0.2, 0.25) is 0 Å². The number of carbonyl (C=O) groups excluding carboxylic acids is 1. The lowest BCUT2D eigenvalue weighted by atomic mass is 10.2. The minimum atomic E-state index is -0.239. The number of hydrogen-bond acceptors (Lipinski definition) is 3. The first kappa shape index (κ1) is 10.4. The van der Waals surface area contributed by atoms with Gasteiger partial charge in [-0.25, -0.2) is 9.78 Å². The summed E-state index contributed by atoms with van der Waals surface area (Å²) >= 11 is 3.35. The van der Waals surface area contributed by atoms with Crippen LogP contribution in [0.5, 0.6) is 0 Å². The van der Waals surface area contributed by atoms with Gasteiger partial charge in [-0.15, -0.1) is 0 Å². The minimum absolute atomic E-state index is 0.239. The molecule has 1 aliphatic heterocycles. The van der Waals surface area contributed by atoms with Gasteiger partial charge < -0.3 is 9.64 Å². The molecule has 0 aromatic carbocycles. The highest BCUT2D eigenvalue weighted by atomic mass is 79.9. The first-order chi connectivity index (χ1) is 7.27. The van der Waals surface area contributed by atoms with E-state index in [1.165, 1.54) is 0 Å². The molecule has 2 rings (SSSR count). The maximum absolute atomic E-state index is 11.4. The monoisotopic (exact) mass is 270 g/mol. The molecule has 1 aromatic heterocycles. The van der Waals surface area contributed by atoms with Crippen LogP contribution >= 0.6 is 15.9 Å². The highest BCUT2D eigenvalue weighted by Gasteiger charge is 2.20. The van der Waals surface area contributed by atoms with Crippen LogP contribution in [0.1, 0.15) is 12.0 Å². The van der Waals surface area contributed by atoms with Gasteiger partial charge in [-0.1, -0.05) is 6.07 Å². The van der Waals surface area contributed by atoms with Crippen molar-refractivity contribution in [1.82, 2.24) is 9.88 Å². The Bertz CT molecular complexity index is 370. The second-order valence-corrected chi connectivity index (χ2v) is 4.09. The Morgan fingerprint density at radius 3 is 3.20 bits per heavy atom. The summed E-state index contributed by atoms with van der Waals surface area (Å²) in [6.45, 7) is 1.83. The number of aromatic nitrogens is 1. The number of halogens is 1. The van der Waals surface area contributed by atoms with Gasteiger partial charge in [-0.05, 0) is 28.4 Å². The molecule has 5 heteroatoms. The van der Waals surface area contributed by atoms with Crippen molar-refractivity contribution >= 4 is 22.0 Å². The summed E-state index contributed by atoms with van der Waals surface area (Å²) in [6.07, 6.45) is 2.36. The highest BCUT2D eigenvalue weighted by molar-refractivity contribution is 9.10. The summed E-state index contributed by atoms with van der Waals surface area (Å²) in [4.78, 5) is 17.2. The lowest BCUT2D eigenvalue weighted by Gasteiger charge is -2.26. The molecule has 2 heterocycles. The predicted molar refractivity (Wildman–Crippen MR) is 58.3 cm³/mol. The number of amides is 1. The molecule has 0 radical (unpaired) electrons.